The van der Waals surface area contributed by atoms with Gasteiger partial charge in [0, 0.05) is 13.1 Å². The van der Waals surface area contributed by atoms with Crippen LogP contribution in [0, 0.1) is 0 Å². The highest BCUT2D eigenvalue weighted by molar-refractivity contribution is 14.1. The summed E-state index contributed by atoms with van der Waals surface area (Å²) in [6, 6.07) is 0. The Kier molecular flexibility index (Phi) is 11.0. The van der Waals surface area contributed by atoms with Gasteiger partial charge >= 0.3 is 0 Å². The molecule has 0 aromatic carbocycles. The van der Waals surface area contributed by atoms with Gasteiger partial charge in [0.15, 0.2) is 0 Å². The number of amides is 1. The highest BCUT2D eigenvalue weighted by atomic mass is 127. The molecule has 0 saturated heterocycles. The lowest BCUT2D eigenvalue weighted by molar-refractivity contribution is -0.125. The van der Waals surface area contributed by atoms with E-state index in [4.69, 9.17) is 0 Å². The summed E-state index contributed by atoms with van der Waals surface area (Å²) in [7, 11) is 0. The molecule has 0 fully saturated rings. The first-order valence-corrected chi connectivity index (χ1v) is 7.41. The first kappa shape index (κ1) is 15.7. The summed E-state index contributed by atoms with van der Waals surface area (Å²) < 4.78 is 1.19. The number of carbonyl (C=O) groups is 1. The fourth-order valence-electron chi connectivity index (χ4n) is 1.28. The van der Waals surface area contributed by atoms with Crippen molar-refractivity contribution in [3.8, 4) is 0 Å². The van der Waals surface area contributed by atoms with Crippen LogP contribution in [0.5, 0.6) is 0 Å². The topological polar surface area (TPSA) is 20.3 Å². The van der Waals surface area contributed by atoms with Gasteiger partial charge in [-0.2, -0.15) is 0 Å². The highest BCUT2D eigenvalue weighted by Crippen LogP contribution is 1.99. The Hall–Kier alpha value is -0.320. The van der Waals surface area contributed by atoms with Crippen molar-refractivity contribution in [1.29, 1.82) is 0 Å². The molecule has 0 heterocycles. The van der Waals surface area contributed by atoms with Crippen LogP contribution in [-0.2, 0) is 4.79 Å². The summed E-state index contributed by atoms with van der Waals surface area (Å²) in [6.07, 6.45) is 10.1. The van der Waals surface area contributed by atoms with Crippen LogP contribution < -0.4 is 0 Å². The van der Waals surface area contributed by atoms with Crippen molar-refractivity contribution in [1.82, 2.24) is 4.90 Å². The second-order valence-corrected chi connectivity index (χ2v) is 4.72. The fourth-order valence-corrected chi connectivity index (χ4v) is 1.72. The van der Waals surface area contributed by atoms with Crippen LogP contribution in [0.3, 0.4) is 0 Å². The number of allylic oxidation sites excluding steroid dienone is 1. The Balaban J connectivity index is 3.95. The Labute approximate surface area is 113 Å². The Morgan fingerprint density at radius 3 is 2.69 bits per heavy atom. The van der Waals surface area contributed by atoms with E-state index in [1.165, 1.54) is 16.9 Å². The molecule has 2 nitrogen and oxygen atoms in total. The summed E-state index contributed by atoms with van der Waals surface area (Å²) in [6.45, 7) is 7.21. The summed E-state index contributed by atoms with van der Waals surface area (Å²) in [5.41, 5.74) is 0. The molecule has 92 valence electrons. The molecule has 0 radical (unpaired) electrons. The Morgan fingerprint density at radius 2 is 2.12 bits per heavy atom. The fraction of sp³-hybridized carbons (Fsp3) is 0.615. The number of halogens is 1. The van der Waals surface area contributed by atoms with E-state index in [2.05, 4.69) is 48.2 Å². The minimum atomic E-state index is 0.0343. The normalized spacial score (nSPS) is 10.6. The van der Waals surface area contributed by atoms with E-state index in [-0.39, 0.29) is 5.91 Å². The van der Waals surface area contributed by atoms with E-state index in [1.807, 2.05) is 4.90 Å². The van der Waals surface area contributed by atoms with Crippen molar-refractivity contribution in [3.63, 3.8) is 0 Å². The molecule has 0 bridgehead atoms. The lowest BCUT2D eigenvalue weighted by Gasteiger charge is -2.18. The first-order chi connectivity index (χ1) is 7.76. The van der Waals surface area contributed by atoms with E-state index in [0.717, 1.165) is 25.8 Å². The average molecular weight is 335 g/mol. The van der Waals surface area contributed by atoms with Crippen molar-refractivity contribution < 1.29 is 4.79 Å². The number of alkyl halides is 1. The molecule has 0 saturated carbocycles. The quantitative estimate of drug-likeness (QED) is 0.207. The lowest BCUT2D eigenvalue weighted by Crippen LogP contribution is -2.30. The second-order valence-electron chi connectivity index (χ2n) is 3.64. The maximum atomic E-state index is 11.5. The molecule has 0 N–H and O–H groups in total. The first-order valence-electron chi connectivity index (χ1n) is 5.88. The van der Waals surface area contributed by atoms with Crippen LogP contribution in [0.1, 0.15) is 32.6 Å². The highest BCUT2D eigenvalue weighted by Gasteiger charge is 2.06. The van der Waals surface area contributed by atoms with Crippen molar-refractivity contribution in [2.45, 2.75) is 32.6 Å². The number of nitrogens with zero attached hydrogens (tertiary/aromatic N) is 1. The van der Waals surface area contributed by atoms with Gasteiger partial charge in [0.25, 0.3) is 0 Å². The zero-order valence-electron chi connectivity index (χ0n) is 10.1. The van der Waals surface area contributed by atoms with E-state index < -0.39 is 0 Å². The van der Waals surface area contributed by atoms with Crippen molar-refractivity contribution in [2.75, 3.05) is 17.5 Å². The third-order valence-electron chi connectivity index (χ3n) is 2.26. The van der Waals surface area contributed by atoms with Gasteiger partial charge in [-0.25, -0.2) is 0 Å². The molecule has 0 atom stereocenters. The van der Waals surface area contributed by atoms with Gasteiger partial charge in [-0.3, -0.25) is 4.79 Å². The van der Waals surface area contributed by atoms with Crippen LogP contribution in [0.15, 0.2) is 24.8 Å². The molecule has 0 aromatic heterocycles. The van der Waals surface area contributed by atoms with Crippen molar-refractivity contribution in [3.05, 3.63) is 24.8 Å². The molecule has 0 spiro atoms. The molecule has 16 heavy (non-hydrogen) atoms. The predicted octanol–water partition coefficient (Wildman–Crippen LogP) is 3.57. The van der Waals surface area contributed by atoms with Gasteiger partial charge in [0.1, 0.15) is 0 Å². The van der Waals surface area contributed by atoms with Gasteiger partial charge in [0.05, 0.1) is 0 Å². The number of rotatable bonds is 9. The smallest absolute Gasteiger partial charge is 0.246 e. The molecule has 0 aromatic rings. The molecule has 0 aliphatic heterocycles. The number of hydrogen-bond acceptors (Lipinski definition) is 1. The number of carbonyl (C=O) groups excluding carboxylic acids is 1. The maximum absolute atomic E-state index is 11.5. The molecular formula is C13H22INO. The average Bonchev–Trinajstić information content (AvgIpc) is 2.31. The minimum absolute atomic E-state index is 0.0343. The number of hydrogen-bond donors (Lipinski definition) is 0. The van der Waals surface area contributed by atoms with Gasteiger partial charge in [0.2, 0.25) is 5.91 Å². The van der Waals surface area contributed by atoms with Gasteiger partial charge in [-0.1, -0.05) is 54.7 Å². The maximum Gasteiger partial charge on any atom is 0.246 e. The van der Waals surface area contributed by atoms with Crippen LogP contribution in [0.25, 0.3) is 0 Å². The van der Waals surface area contributed by atoms with Crippen molar-refractivity contribution in [2.24, 2.45) is 0 Å². The molecular weight excluding hydrogens is 313 g/mol. The number of unbranched alkanes of at least 4 members (excludes halogenated alkanes) is 2. The van der Waals surface area contributed by atoms with Crippen LogP contribution in [0.2, 0.25) is 0 Å². The lowest BCUT2D eigenvalue weighted by atomic mass is 10.3. The zero-order valence-corrected chi connectivity index (χ0v) is 12.3. The molecule has 0 rings (SSSR count). The second kappa shape index (κ2) is 11.2. The monoisotopic (exact) mass is 335 g/mol. The third kappa shape index (κ3) is 7.91. The summed E-state index contributed by atoms with van der Waals surface area (Å²) in [4.78, 5) is 13.4. The van der Waals surface area contributed by atoms with E-state index >= 15 is 0 Å². The van der Waals surface area contributed by atoms with E-state index in [1.54, 1.807) is 0 Å². The third-order valence-corrected chi connectivity index (χ3v) is 3.03. The summed E-state index contributed by atoms with van der Waals surface area (Å²) in [5, 5.41) is 0. The molecule has 0 aliphatic rings. The Bertz CT molecular complexity index is 226. The van der Waals surface area contributed by atoms with Gasteiger partial charge < -0.3 is 4.90 Å². The molecule has 1 amide bonds. The predicted molar refractivity (Wildman–Crippen MR) is 78.9 cm³/mol. The van der Waals surface area contributed by atoms with Crippen LogP contribution >= 0.6 is 22.6 Å². The van der Waals surface area contributed by atoms with E-state index in [0.29, 0.717) is 6.54 Å². The minimum Gasteiger partial charge on any atom is -0.335 e. The van der Waals surface area contributed by atoms with Crippen LogP contribution in [-0.4, -0.2) is 28.3 Å². The SMILES string of the molecule is C=CC(=O)N(C/C=C/CCCI)CCCC. The van der Waals surface area contributed by atoms with E-state index in [9.17, 15) is 4.79 Å². The molecule has 0 aliphatic carbocycles. The molecule has 0 unspecified atom stereocenters. The standard InChI is InChI=1S/C13H22INO/c1-3-5-11-15(13(16)4-2)12-9-7-6-8-10-14/h4,7,9H,2-3,5-6,8,10-12H2,1H3/b9-7+. The van der Waals surface area contributed by atoms with Gasteiger partial charge in [-0.15, -0.1) is 0 Å². The summed E-state index contributed by atoms with van der Waals surface area (Å²) >= 11 is 2.38. The zero-order chi connectivity index (χ0) is 12.2. The largest absolute Gasteiger partial charge is 0.335 e. The Morgan fingerprint density at radius 1 is 1.38 bits per heavy atom. The van der Waals surface area contributed by atoms with Crippen molar-refractivity contribution >= 4 is 28.5 Å². The summed E-state index contributed by atoms with van der Waals surface area (Å²) in [5.74, 6) is 0.0343. The van der Waals surface area contributed by atoms with Crippen LogP contribution in [0.4, 0.5) is 0 Å². The van der Waals surface area contributed by atoms with Gasteiger partial charge in [-0.05, 0) is 29.8 Å². The molecule has 3 heteroatoms.